The molecule has 0 amide bonds. The number of hydrogen-bond donors (Lipinski definition) is 1. The van der Waals surface area contributed by atoms with Crippen molar-refractivity contribution in [2.24, 2.45) is 0 Å². The summed E-state index contributed by atoms with van der Waals surface area (Å²) in [4.78, 5) is 0. The van der Waals surface area contributed by atoms with Gasteiger partial charge in [-0.3, -0.25) is 0 Å². The number of rotatable bonds is 6. The first-order valence-electron chi connectivity index (χ1n) is 4.95. The zero-order valence-corrected chi connectivity index (χ0v) is 10.6. The average molecular weight is 274 g/mol. The first-order valence-corrected chi connectivity index (χ1v) is 5.74. The summed E-state index contributed by atoms with van der Waals surface area (Å²) in [6.45, 7) is 4.56. The maximum absolute atomic E-state index is 5.54. The second kappa shape index (κ2) is 6.69. The van der Waals surface area contributed by atoms with Crippen LogP contribution in [0.25, 0.3) is 0 Å². The summed E-state index contributed by atoms with van der Waals surface area (Å²) in [7, 11) is 1.64. The molecule has 0 aliphatic carbocycles. The Balaban J connectivity index is 2.47. The number of methoxy groups -OCH3 is 1. The number of likely N-dealkylation sites (N-methyl/N-ethyl adjacent to an activating group) is 1. The molecule has 4 heteroatoms. The fourth-order valence-corrected chi connectivity index (χ4v) is 1.56. The van der Waals surface area contributed by atoms with E-state index in [1.807, 2.05) is 18.2 Å². The molecule has 0 heterocycles. The van der Waals surface area contributed by atoms with Crippen molar-refractivity contribution in [2.75, 3.05) is 26.8 Å². The normalized spacial score (nSPS) is 10.1. The Kier molecular flexibility index (Phi) is 5.50. The molecule has 0 aliphatic heterocycles. The van der Waals surface area contributed by atoms with Gasteiger partial charge in [0, 0.05) is 12.6 Å². The molecule has 84 valence electrons. The summed E-state index contributed by atoms with van der Waals surface area (Å²) in [5.41, 5.74) is 0. The number of halogens is 1. The third kappa shape index (κ3) is 4.10. The molecule has 0 saturated carbocycles. The highest BCUT2D eigenvalue weighted by Crippen LogP contribution is 2.28. The Labute approximate surface area is 98.9 Å². The second-order valence-corrected chi connectivity index (χ2v) is 3.85. The molecule has 1 rings (SSSR count). The topological polar surface area (TPSA) is 30.5 Å². The third-order valence-corrected chi connectivity index (χ3v) is 2.58. The summed E-state index contributed by atoms with van der Waals surface area (Å²) in [5.74, 6) is 1.61. The number of nitrogens with one attached hydrogen (secondary N) is 1. The quantitative estimate of drug-likeness (QED) is 0.808. The van der Waals surface area contributed by atoms with Crippen LogP contribution in [0.1, 0.15) is 6.92 Å². The van der Waals surface area contributed by atoms with Gasteiger partial charge in [-0.1, -0.05) is 6.92 Å². The summed E-state index contributed by atoms with van der Waals surface area (Å²) < 4.78 is 11.6. The van der Waals surface area contributed by atoms with Crippen LogP contribution in [0, 0.1) is 0 Å². The van der Waals surface area contributed by atoms with Crippen LogP contribution in [0.5, 0.6) is 11.5 Å². The molecule has 1 aromatic carbocycles. The van der Waals surface area contributed by atoms with Crippen LogP contribution in [0.4, 0.5) is 0 Å². The van der Waals surface area contributed by atoms with E-state index in [9.17, 15) is 0 Å². The van der Waals surface area contributed by atoms with Gasteiger partial charge in [-0.25, -0.2) is 0 Å². The van der Waals surface area contributed by atoms with Crippen molar-refractivity contribution in [3.05, 3.63) is 22.7 Å². The first-order chi connectivity index (χ1) is 7.27. The van der Waals surface area contributed by atoms with Gasteiger partial charge < -0.3 is 14.8 Å². The Morgan fingerprint density at radius 2 is 2.20 bits per heavy atom. The van der Waals surface area contributed by atoms with E-state index in [2.05, 4.69) is 28.2 Å². The maximum Gasteiger partial charge on any atom is 0.136 e. The Morgan fingerprint density at radius 3 is 2.87 bits per heavy atom. The zero-order chi connectivity index (χ0) is 11.1. The van der Waals surface area contributed by atoms with Crippen molar-refractivity contribution in [2.45, 2.75) is 6.92 Å². The summed E-state index contributed by atoms with van der Waals surface area (Å²) in [6.07, 6.45) is 0. The van der Waals surface area contributed by atoms with Gasteiger partial charge in [-0.2, -0.15) is 0 Å². The zero-order valence-electron chi connectivity index (χ0n) is 9.05. The predicted molar refractivity (Wildman–Crippen MR) is 64.7 cm³/mol. The van der Waals surface area contributed by atoms with Crippen LogP contribution in [0.3, 0.4) is 0 Å². The van der Waals surface area contributed by atoms with Crippen molar-refractivity contribution < 1.29 is 9.47 Å². The van der Waals surface area contributed by atoms with E-state index in [0.29, 0.717) is 6.61 Å². The molecule has 0 saturated heterocycles. The van der Waals surface area contributed by atoms with E-state index in [4.69, 9.17) is 9.47 Å². The van der Waals surface area contributed by atoms with Crippen LogP contribution in [-0.2, 0) is 0 Å². The molecule has 15 heavy (non-hydrogen) atoms. The lowest BCUT2D eigenvalue weighted by molar-refractivity contribution is 0.312. The van der Waals surface area contributed by atoms with E-state index >= 15 is 0 Å². The van der Waals surface area contributed by atoms with Crippen LogP contribution in [-0.4, -0.2) is 26.8 Å². The molecule has 0 unspecified atom stereocenters. The lowest BCUT2D eigenvalue weighted by atomic mass is 10.3. The molecule has 3 nitrogen and oxygen atoms in total. The minimum Gasteiger partial charge on any atom is -0.495 e. The Morgan fingerprint density at radius 1 is 1.40 bits per heavy atom. The Bertz CT molecular complexity index is 305. The molecule has 0 spiro atoms. The summed E-state index contributed by atoms with van der Waals surface area (Å²) in [5, 5.41) is 3.19. The van der Waals surface area contributed by atoms with E-state index < -0.39 is 0 Å². The van der Waals surface area contributed by atoms with Crippen molar-refractivity contribution in [3.63, 3.8) is 0 Å². The lowest BCUT2D eigenvalue weighted by Crippen LogP contribution is -2.20. The van der Waals surface area contributed by atoms with Crippen molar-refractivity contribution in [1.29, 1.82) is 0 Å². The fourth-order valence-electron chi connectivity index (χ4n) is 1.15. The number of ether oxygens (including phenoxy) is 2. The summed E-state index contributed by atoms with van der Waals surface area (Å²) in [6, 6.07) is 5.70. The van der Waals surface area contributed by atoms with Gasteiger partial charge in [0.1, 0.15) is 18.1 Å². The third-order valence-electron chi connectivity index (χ3n) is 1.92. The van der Waals surface area contributed by atoms with Crippen LogP contribution < -0.4 is 14.8 Å². The SMILES string of the molecule is CCNCCOc1ccc(Br)c(OC)c1. The molecule has 0 aromatic heterocycles. The highest BCUT2D eigenvalue weighted by molar-refractivity contribution is 9.10. The van der Waals surface area contributed by atoms with E-state index in [-0.39, 0.29) is 0 Å². The van der Waals surface area contributed by atoms with E-state index in [1.54, 1.807) is 7.11 Å². The van der Waals surface area contributed by atoms with Gasteiger partial charge in [-0.05, 0) is 34.6 Å². The largest absolute Gasteiger partial charge is 0.495 e. The van der Waals surface area contributed by atoms with Gasteiger partial charge in [0.25, 0.3) is 0 Å². The highest BCUT2D eigenvalue weighted by atomic mass is 79.9. The predicted octanol–water partition coefficient (Wildman–Crippen LogP) is 2.45. The molecular weight excluding hydrogens is 258 g/mol. The molecule has 0 bridgehead atoms. The lowest BCUT2D eigenvalue weighted by Gasteiger charge is -2.09. The van der Waals surface area contributed by atoms with Gasteiger partial charge in [0.2, 0.25) is 0 Å². The van der Waals surface area contributed by atoms with E-state index in [1.165, 1.54) is 0 Å². The van der Waals surface area contributed by atoms with Gasteiger partial charge in [-0.15, -0.1) is 0 Å². The van der Waals surface area contributed by atoms with Crippen LogP contribution >= 0.6 is 15.9 Å². The van der Waals surface area contributed by atoms with Crippen molar-refractivity contribution in [3.8, 4) is 11.5 Å². The van der Waals surface area contributed by atoms with Crippen LogP contribution in [0.15, 0.2) is 22.7 Å². The molecule has 0 fully saturated rings. The molecular formula is C11H16BrNO2. The number of hydrogen-bond acceptors (Lipinski definition) is 3. The highest BCUT2D eigenvalue weighted by Gasteiger charge is 2.01. The molecule has 0 aliphatic rings. The van der Waals surface area contributed by atoms with Crippen molar-refractivity contribution >= 4 is 15.9 Å². The van der Waals surface area contributed by atoms with Gasteiger partial charge in [0.05, 0.1) is 11.6 Å². The van der Waals surface area contributed by atoms with Gasteiger partial charge in [0.15, 0.2) is 0 Å². The second-order valence-electron chi connectivity index (χ2n) is 3.00. The Hall–Kier alpha value is -0.740. The number of benzene rings is 1. The fraction of sp³-hybridized carbons (Fsp3) is 0.455. The standard InChI is InChI=1S/C11H16BrNO2/c1-3-13-6-7-15-9-4-5-10(12)11(8-9)14-2/h4-5,8,13H,3,6-7H2,1-2H3. The van der Waals surface area contributed by atoms with E-state index in [0.717, 1.165) is 29.1 Å². The monoisotopic (exact) mass is 273 g/mol. The summed E-state index contributed by atoms with van der Waals surface area (Å²) >= 11 is 3.39. The van der Waals surface area contributed by atoms with Crippen molar-refractivity contribution in [1.82, 2.24) is 5.32 Å². The average Bonchev–Trinajstić information content (AvgIpc) is 2.26. The molecule has 0 atom stereocenters. The maximum atomic E-state index is 5.54. The van der Waals surface area contributed by atoms with Gasteiger partial charge >= 0.3 is 0 Å². The first kappa shape index (κ1) is 12.3. The molecule has 0 radical (unpaired) electrons. The smallest absolute Gasteiger partial charge is 0.136 e. The minimum absolute atomic E-state index is 0.665. The van der Waals surface area contributed by atoms with Crippen LogP contribution in [0.2, 0.25) is 0 Å². The minimum atomic E-state index is 0.665. The molecule has 1 N–H and O–H groups in total. The molecule has 1 aromatic rings.